The number of carbonyl (C=O) groups excluding carboxylic acids is 1. The topological polar surface area (TPSA) is 44.4 Å². The summed E-state index contributed by atoms with van der Waals surface area (Å²) in [7, 11) is 0. The van der Waals surface area contributed by atoms with Crippen molar-refractivity contribution in [2.75, 3.05) is 16.8 Å². The van der Waals surface area contributed by atoms with Crippen LogP contribution in [0.25, 0.3) is 0 Å². The van der Waals surface area contributed by atoms with E-state index in [0.29, 0.717) is 11.5 Å². The van der Waals surface area contributed by atoms with Crippen molar-refractivity contribution in [3.8, 4) is 0 Å². The molecule has 2 aromatic carbocycles. The summed E-state index contributed by atoms with van der Waals surface area (Å²) >= 11 is 5.42. The summed E-state index contributed by atoms with van der Waals surface area (Å²) < 4.78 is 0. The molecule has 2 aromatic rings. The van der Waals surface area contributed by atoms with Gasteiger partial charge in [0.2, 0.25) is 5.91 Å². The molecule has 26 heavy (non-hydrogen) atoms. The van der Waals surface area contributed by atoms with E-state index in [9.17, 15) is 4.79 Å². The van der Waals surface area contributed by atoms with Gasteiger partial charge in [0.1, 0.15) is 0 Å². The number of hydrogen-bond acceptors (Lipinski definition) is 2. The maximum atomic E-state index is 11.8. The molecule has 0 aliphatic carbocycles. The van der Waals surface area contributed by atoms with Gasteiger partial charge in [0, 0.05) is 30.4 Å². The van der Waals surface area contributed by atoms with E-state index in [1.165, 1.54) is 5.56 Å². The lowest BCUT2D eigenvalue weighted by molar-refractivity contribution is -0.117. The number of aryl methyl sites for hydroxylation is 1. The van der Waals surface area contributed by atoms with Crippen LogP contribution in [-0.4, -0.2) is 23.6 Å². The molecule has 0 saturated carbocycles. The molecule has 1 fully saturated rings. The third-order valence-corrected chi connectivity index (χ3v) is 4.82. The first kappa shape index (κ1) is 18.4. The Morgan fingerprint density at radius 1 is 1.15 bits per heavy atom. The van der Waals surface area contributed by atoms with Crippen LogP contribution in [0, 0.1) is 0 Å². The Labute approximate surface area is 160 Å². The van der Waals surface area contributed by atoms with Crippen molar-refractivity contribution < 1.29 is 4.79 Å². The van der Waals surface area contributed by atoms with Crippen molar-refractivity contribution in [1.29, 1.82) is 0 Å². The molecule has 1 aliphatic rings. The van der Waals surface area contributed by atoms with E-state index < -0.39 is 0 Å². The predicted octanol–water partition coefficient (Wildman–Crippen LogP) is 4.12. The highest BCUT2D eigenvalue weighted by Gasteiger charge is 2.21. The van der Waals surface area contributed by atoms with E-state index in [0.717, 1.165) is 37.2 Å². The first-order chi connectivity index (χ1) is 12.6. The number of benzene rings is 2. The van der Waals surface area contributed by atoms with Crippen LogP contribution >= 0.6 is 12.2 Å². The van der Waals surface area contributed by atoms with Gasteiger partial charge in [0.05, 0.1) is 0 Å². The number of anilines is 2. The molecule has 1 saturated heterocycles. The van der Waals surface area contributed by atoms with Crippen molar-refractivity contribution >= 4 is 34.6 Å². The second kappa shape index (κ2) is 8.81. The predicted molar refractivity (Wildman–Crippen MR) is 112 cm³/mol. The van der Waals surface area contributed by atoms with E-state index in [4.69, 9.17) is 12.2 Å². The van der Waals surface area contributed by atoms with Gasteiger partial charge in [-0.15, -0.1) is 0 Å². The van der Waals surface area contributed by atoms with Crippen LogP contribution in [0.15, 0.2) is 54.6 Å². The molecule has 0 aromatic heterocycles. The summed E-state index contributed by atoms with van der Waals surface area (Å²) in [5, 5.41) is 7.17. The molecular formula is C21H25N3OS. The van der Waals surface area contributed by atoms with Gasteiger partial charge in [0.15, 0.2) is 5.11 Å². The number of carbonyl (C=O) groups is 1. The maximum Gasteiger partial charge on any atom is 0.227 e. The highest BCUT2D eigenvalue weighted by Crippen LogP contribution is 2.23. The van der Waals surface area contributed by atoms with Crippen LogP contribution in [0.1, 0.15) is 31.7 Å². The molecule has 136 valence electrons. The Hall–Kier alpha value is -2.40. The van der Waals surface area contributed by atoms with Gasteiger partial charge in [-0.25, -0.2) is 0 Å². The van der Waals surface area contributed by atoms with Crippen LogP contribution in [0.2, 0.25) is 0 Å². The minimum atomic E-state index is 0.204. The van der Waals surface area contributed by atoms with Crippen LogP contribution < -0.4 is 15.5 Å². The molecule has 3 rings (SSSR count). The Balaban J connectivity index is 1.46. The molecule has 0 radical (unpaired) electrons. The highest BCUT2D eigenvalue weighted by atomic mass is 32.1. The first-order valence-corrected chi connectivity index (χ1v) is 9.54. The average Bonchev–Trinajstić information content (AvgIpc) is 3.07. The van der Waals surface area contributed by atoms with Crippen molar-refractivity contribution in [3.05, 3.63) is 60.2 Å². The lowest BCUT2D eigenvalue weighted by Gasteiger charge is -2.18. The zero-order chi connectivity index (χ0) is 18.4. The summed E-state index contributed by atoms with van der Waals surface area (Å²) in [6, 6.07) is 18.6. The normalized spacial score (nSPS) is 15.0. The van der Waals surface area contributed by atoms with Crippen molar-refractivity contribution in [2.24, 2.45) is 0 Å². The van der Waals surface area contributed by atoms with Gasteiger partial charge in [-0.3, -0.25) is 4.79 Å². The lowest BCUT2D eigenvalue weighted by atomic mass is 10.1. The van der Waals surface area contributed by atoms with E-state index in [-0.39, 0.29) is 11.9 Å². The minimum Gasteiger partial charge on any atom is -0.360 e. The summed E-state index contributed by atoms with van der Waals surface area (Å²) in [6.45, 7) is 2.95. The summed E-state index contributed by atoms with van der Waals surface area (Å²) in [5.41, 5.74) is 3.22. The number of amides is 1. The van der Waals surface area contributed by atoms with Gasteiger partial charge in [-0.2, -0.15) is 0 Å². The standard InChI is InChI=1S/C21H25N3OS/c1-16(9-10-17-6-3-2-4-7-17)22-21(26)23-18-11-13-19(14-12-18)24-15-5-8-20(24)25/h2-4,6-7,11-14,16H,5,8-10,15H2,1H3,(H2,22,23,26)/t16-/m1/s1. The molecule has 5 heteroatoms. The molecule has 0 bridgehead atoms. The van der Waals surface area contributed by atoms with Crippen molar-refractivity contribution in [1.82, 2.24) is 5.32 Å². The SMILES string of the molecule is C[C@H](CCc1ccccc1)NC(=S)Nc1ccc(N2CCCC2=O)cc1. The lowest BCUT2D eigenvalue weighted by Crippen LogP contribution is -2.36. The highest BCUT2D eigenvalue weighted by molar-refractivity contribution is 7.80. The summed E-state index contributed by atoms with van der Waals surface area (Å²) in [4.78, 5) is 13.6. The van der Waals surface area contributed by atoms with Gasteiger partial charge in [-0.05, 0) is 68.2 Å². The number of thiocarbonyl (C=S) groups is 1. The zero-order valence-electron chi connectivity index (χ0n) is 15.1. The smallest absolute Gasteiger partial charge is 0.227 e. The van der Waals surface area contributed by atoms with Crippen LogP contribution in [0.5, 0.6) is 0 Å². The van der Waals surface area contributed by atoms with Gasteiger partial charge in [-0.1, -0.05) is 30.3 Å². The summed E-state index contributed by atoms with van der Waals surface area (Å²) in [6.07, 6.45) is 3.63. The minimum absolute atomic E-state index is 0.204. The van der Waals surface area contributed by atoms with Gasteiger partial charge >= 0.3 is 0 Å². The van der Waals surface area contributed by atoms with E-state index >= 15 is 0 Å². The third kappa shape index (κ3) is 5.05. The fourth-order valence-electron chi connectivity index (χ4n) is 3.14. The number of nitrogens with one attached hydrogen (secondary N) is 2. The molecule has 2 N–H and O–H groups in total. The largest absolute Gasteiger partial charge is 0.360 e. The Morgan fingerprint density at radius 2 is 1.88 bits per heavy atom. The molecule has 1 aliphatic heterocycles. The molecule has 0 spiro atoms. The van der Waals surface area contributed by atoms with Gasteiger partial charge in [0.25, 0.3) is 0 Å². The van der Waals surface area contributed by atoms with Gasteiger partial charge < -0.3 is 15.5 Å². The number of nitrogens with zero attached hydrogens (tertiary/aromatic N) is 1. The quantitative estimate of drug-likeness (QED) is 0.754. The van der Waals surface area contributed by atoms with Crippen LogP contribution in [0.4, 0.5) is 11.4 Å². The fourth-order valence-corrected chi connectivity index (χ4v) is 3.46. The Morgan fingerprint density at radius 3 is 2.54 bits per heavy atom. The Kier molecular flexibility index (Phi) is 6.23. The maximum absolute atomic E-state index is 11.8. The van der Waals surface area contributed by atoms with E-state index in [2.05, 4.69) is 41.8 Å². The fraction of sp³-hybridized carbons (Fsp3) is 0.333. The second-order valence-corrected chi connectivity index (χ2v) is 7.13. The molecule has 1 heterocycles. The monoisotopic (exact) mass is 367 g/mol. The molecule has 1 atom stereocenters. The number of rotatable bonds is 6. The molecule has 0 unspecified atom stereocenters. The van der Waals surface area contributed by atoms with Crippen molar-refractivity contribution in [3.63, 3.8) is 0 Å². The average molecular weight is 368 g/mol. The molecular weight excluding hydrogens is 342 g/mol. The number of hydrogen-bond donors (Lipinski definition) is 2. The third-order valence-electron chi connectivity index (χ3n) is 4.60. The van der Waals surface area contributed by atoms with Crippen molar-refractivity contribution in [2.45, 2.75) is 38.6 Å². The first-order valence-electron chi connectivity index (χ1n) is 9.14. The van der Waals surface area contributed by atoms with E-state index in [1.54, 1.807) is 0 Å². The Bertz CT molecular complexity index is 746. The van der Waals surface area contributed by atoms with Crippen LogP contribution in [0.3, 0.4) is 0 Å². The summed E-state index contributed by atoms with van der Waals surface area (Å²) in [5.74, 6) is 0.204. The molecule has 4 nitrogen and oxygen atoms in total. The zero-order valence-corrected chi connectivity index (χ0v) is 15.9. The van der Waals surface area contributed by atoms with Crippen LogP contribution in [-0.2, 0) is 11.2 Å². The van der Waals surface area contributed by atoms with E-state index in [1.807, 2.05) is 35.2 Å². The second-order valence-electron chi connectivity index (χ2n) is 6.72. The molecule has 1 amide bonds.